The first kappa shape index (κ1) is 15.7. The molecule has 0 aromatic carbocycles. The zero-order chi connectivity index (χ0) is 13.9. The van der Waals surface area contributed by atoms with Crippen molar-refractivity contribution in [3.8, 4) is 0 Å². The minimum Gasteiger partial charge on any atom is -0.480 e. The highest BCUT2D eigenvalue weighted by molar-refractivity contribution is 9.12. The monoisotopic (exact) mass is 397 g/mol. The summed E-state index contributed by atoms with van der Waals surface area (Å²) in [7, 11) is 0. The molecule has 0 bridgehead atoms. The highest BCUT2D eigenvalue weighted by atomic mass is 79.9. The van der Waals surface area contributed by atoms with Crippen LogP contribution in [-0.2, 0) is 4.79 Å². The van der Waals surface area contributed by atoms with Crippen molar-refractivity contribution in [1.29, 1.82) is 0 Å². The highest BCUT2D eigenvalue weighted by Gasteiger charge is 2.25. The van der Waals surface area contributed by atoms with Gasteiger partial charge in [-0.15, -0.1) is 11.3 Å². The normalized spacial score (nSPS) is 12.2. The molecule has 1 heterocycles. The summed E-state index contributed by atoms with van der Waals surface area (Å²) >= 11 is 8.02. The van der Waals surface area contributed by atoms with Gasteiger partial charge in [-0.3, -0.25) is 9.59 Å². The number of carboxylic acids is 1. The zero-order valence-electron chi connectivity index (χ0n) is 9.94. The zero-order valence-corrected chi connectivity index (χ0v) is 13.9. The van der Waals surface area contributed by atoms with Crippen molar-refractivity contribution in [2.24, 2.45) is 0 Å². The van der Waals surface area contributed by atoms with E-state index in [9.17, 15) is 9.59 Å². The van der Waals surface area contributed by atoms with Gasteiger partial charge in [-0.25, -0.2) is 0 Å². The van der Waals surface area contributed by atoms with Gasteiger partial charge in [0.05, 0.1) is 13.1 Å². The molecule has 1 unspecified atom stereocenters. The lowest BCUT2D eigenvalue weighted by Gasteiger charge is -2.26. The van der Waals surface area contributed by atoms with Crippen molar-refractivity contribution in [3.63, 3.8) is 0 Å². The van der Waals surface area contributed by atoms with Crippen LogP contribution < -0.4 is 0 Å². The molecule has 0 aliphatic carbocycles. The molecule has 4 nitrogen and oxygen atoms in total. The first-order valence-electron chi connectivity index (χ1n) is 5.34. The molecule has 1 aromatic heterocycles. The maximum absolute atomic E-state index is 12.3. The molecular formula is C11H13Br2NO3S. The number of aliphatic carboxylic acids is 1. The van der Waals surface area contributed by atoms with Gasteiger partial charge in [0.2, 0.25) is 0 Å². The minimum atomic E-state index is -1.01. The summed E-state index contributed by atoms with van der Waals surface area (Å²) in [5.74, 6) is -1.27. The van der Waals surface area contributed by atoms with E-state index in [0.29, 0.717) is 15.8 Å². The van der Waals surface area contributed by atoms with Gasteiger partial charge in [-0.2, -0.15) is 0 Å². The van der Waals surface area contributed by atoms with Gasteiger partial charge in [0.1, 0.15) is 6.54 Å². The number of halogens is 2. The third-order valence-corrected chi connectivity index (χ3v) is 4.92. The predicted octanol–water partition coefficient (Wildman–Crippen LogP) is 3.60. The third kappa shape index (κ3) is 3.80. The van der Waals surface area contributed by atoms with Crippen LogP contribution >= 0.6 is 43.2 Å². The van der Waals surface area contributed by atoms with Crippen molar-refractivity contribution in [2.45, 2.75) is 26.3 Å². The van der Waals surface area contributed by atoms with Crippen LogP contribution in [0.5, 0.6) is 0 Å². The molecule has 1 aromatic rings. The summed E-state index contributed by atoms with van der Waals surface area (Å²) < 4.78 is 1.54. The van der Waals surface area contributed by atoms with E-state index < -0.39 is 5.97 Å². The number of rotatable bonds is 5. The van der Waals surface area contributed by atoms with Gasteiger partial charge in [-0.1, -0.05) is 6.92 Å². The van der Waals surface area contributed by atoms with Crippen LogP contribution in [-0.4, -0.2) is 34.5 Å². The van der Waals surface area contributed by atoms with Crippen LogP contribution in [0.3, 0.4) is 0 Å². The van der Waals surface area contributed by atoms with E-state index in [2.05, 4.69) is 31.9 Å². The number of amides is 1. The SMILES string of the molecule is CCC(C)N(CC(=O)O)C(=O)c1cc(Br)sc1Br. The number of carbonyl (C=O) groups is 2. The summed E-state index contributed by atoms with van der Waals surface area (Å²) in [6.07, 6.45) is 0.710. The fraction of sp³-hybridized carbons (Fsp3) is 0.455. The topological polar surface area (TPSA) is 57.6 Å². The molecule has 0 aliphatic rings. The number of carboxylic acid groups (broad SMARTS) is 1. The molecule has 100 valence electrons. The summed E-state index contributed by atoms with van der Waals surface area (Å²) in [4.78, 5) is 24.6. The highest BCUT2D eigenvalue weighted by Crippen LogP contribution is 2.33. The Hall–Kier alpha value is -0.400. The van der Waals surface area contributed by atoms with Gasteiger partial charge in [-0.05, 0) is 51.3 Å². The van der Waals surface area contributed by atoms with Gasteiger partial charge in [0.15, 0.2) is 0 Å². The number of nitrogens with zero attached hydrogens (tertiary/aromatic N) is 1. The Labute approximate surface area is 126 Å². The van der Waals surface area contributed by atoms with Crippen LogP contribution in [0.15, 0.2) is 13.6 Å². The second-order valence-electron chi connectivity index (χ2n) is 3.82. The smallest absolute Gasteiger partial charge is 0.323 e. The molecular weight excluding hydrogens is 386 g/mol. The number of hydrogen-bond donors (Lipinski definition) is 1. The molecule has 18 heavy (non-hydrogen) atoms. The molecule has 0 spiro atoms. The Morgan fingerprint density at radius 3 is 2.50 bits per heavy atom. The second kappa shape index (κ2) is 6.68. The van der Waals surface area contributed by atoms with Crippen LogP contribution in [0.4, 0.5) is 0 Å². The largest absolute Gasteiger partial charge is 0.480 e. The van der Waals surface area contributed by atoms with Gasteiger partial charge in [0, 0.05) is 6.04 Å². The average molecular weight is 399 g/mol. The average Bonchev–Trinajstić information content (AvgIpc) is 2.63. The maximum Gasteiger partial charge on any atom is 0.323 e. The Morgan fingerprint density at radius 1 is 1.50 bits per heavy atom. The van der Waals surface area contributed by atoms with E-state index >= 15 is 0 Å². The fourth-order valence-corrected chi connectivity index (χ4v) is 4.21. The first-order valence-corrected chi connectivity index (χ1v) is 7.74. The summed E-state index contributed by atoms with van der Waals surface area (Å²) in [5.41, 5.74) is 0.494. The molecule has 7 heteroatoms. The van der Waals surface area contributed by atoms with Crippen molar-refractivity contribution in [3.05, 3.63) is 19.2 Å². The molecule has 1 amide bonds. The maximum atomic E-state index is 12.3. The van der Waals surface area contributed by atoms with E-state index in [1.54, 1.807) is 6.07 Å². The molecule has 0 fully saturated rings. The van der Waals surface area contributed by atoms with Crippen molar-refractivity contribution in [2.75, 3.05) is 6.54 Å². The van der Waals surface area contributed by atoms with Crippen LogP contribution in [0, 0.1) is 0 Å². The van der Waals surface area contributed by atoms with Crippen molar-refractivity contribution in [1.82, 2.24) is 4.90 Å². The van der Waals surface area contributed by atoms with Gasteiger partial charge in [0.25, 0.3) is 5.91 Å². The Kier molecular flexibility index (Phi) is 5.81. The van der Waals surface area contributed by atoms with E-state index in [4.69, 9.17) is 5.11 Å². The summed E-state index contributed by atoms with van der Waals surface area (Å²) in [6, 6.07) is 1.59. The molecule has 0 aliphatic heterocycles. The first-order chi connectivity index (χ1) is 8.36. The molecule has 1 N–H and O–H groups in total. The van der Waals surface area contributed by atoms with E-state index in [0.717, 1.165) is 3.79 Å². The molecule has 0 saturated heterocycles. The standard InChI is InChI=1S/C11H13Br2NO3S/c1-3-6(2)14(5-9(15)16)11(17)7-4-8(12)18-10(7)13/h4,6H,3,5H2,1-2H3,(H,15,16). The van der Waals surface area contributed by atoms with Crippen LogP contribution in [0.2, 0.25) is 0 Å². The van der Waals surface area contributed by atoms with Crippen LogP contribution in [0.1, 0.15) is 30.6 Å². The fourth-order valence-electron chi connectivity index (χ4n) is 1.43. The predicted molar refractivity (Wildman–Crippen MR) is 78.1 cm³/mol. The van der Waals surface area contributed by atoms with E-state index in [-0.39, 0.29) is 18.5 Å². The molecule has 1 atom stereocenters. The van der Waals surface area contributed by atoms with Crippen molar-refractivity contribution >= 4 is 55.1 Å². The van der Waals surface area contributed by atoms with Crippen molar-refractivity contribution < 1.29 is 14.7 Å². The molecule has 1 rings (SSSR count). The second-order valence-corrected chi connectivity index (χ2v) is 7.57. The molecule has 0 radical (unpaired) electrons. The number of carbonyl (C=O) groups excluding carboxylic acids is 1. The quantitative estimate of drug-likeness (QED) is 0.824. The van der Waals surface area contributed by atoms with E-state index in [1.807, 2.05) is 13.8 Å². The van der Waals surface area contributed by atoms with Crippen LogP contribution in [0.25, 0.3) is 0 Å². The Bertz CT molecular complexity index is 461. The Morgan fingerprint density at radius 2 is 2.11 bits per heavy atom. The van der Waals surface area contributed by atoms with Gasteiger partial charge < -0.3 is 10.0 Å². The minimum absolute atomic E-state index is 0.112. The lowest BCUT2D eigenvalue weighted by Crippen LogP contribution is -2.41. The Balaban J connectivity index is 3.02. The summed E-state index contributed by atoms with van der Waals surface area (Å²) in [5, 5.41) is 8.89. The lowest BCUT2D eigenvalue weighted by molar-refractivity contribution is -0.138. The third-order valence-electron chi connectivity index (χ3n) is 2.58. The van der Waals surface area contributed by atoms with E-state index in [1.165, 1.54) is 16.2 Å². The molecule has 0 saturated carbocycles. The summed E-state index contributed by atoms with van der Waals surface area (Å²) in [6.45, 7) is 3.48. The van der Waals surface area contributed by atoms with Gasteiger partial charge >= 0.3 is 5.97 Å². The number of hydrogen-bond acceptors (Lipinski definition) is 3. The number of thiophene rings is 1. The lowest BCUT2D eigenvalue weighted by atomic mass is 10.2.